The smallest absolute Gasteiger partial charge is 0.348 e. The van der Waals surface area contributed by atoms with E-state index >= 15 is 0 Å². The molecule has 0 aromatic carbocycles. The molecule has 1 saturated carbocycles. The molecule has 1 aromatic rings. The minimum atomic E-state index is -4.55. The topological polar surface area (TPSA) is 71.1 Å². The lowest BCUT2D eigenvalue weighted by atomic mass is 9.94. The van der Waals surface area contributed by atoms with Gasteiger partial charge in [0.05, 0.1) is 11.9 Å². The monoisotopic (exact) mass is 339 g/mol. The van der Waals surface area contributed by atoms with Crippen LogP contribution in [0.3, 0.4) is 0 Å². The van der Waals surface area contributed by atoms with Crippen LogP contribution < -0.4 is 10.6 Å². The molecular formula is C16H16F3N3O2. The average Bonchev–Trinajstić information content (AvgIpc) is 3.15. The van der Waals surface area contributed by atoms with Gasteiger partial charge in [0.1, 0.15) is 5.69 Å². The van der Waals surface area contributed by atoms with Crippen molar-refractivity contribution >= 4 is 17.5 Å². The summed E-state index contributed by atoms with van der Waals surface area (Å²) in [5.74, 6) is -0.359. The second-order valence-electron chi connectivity index (χ2n) is 6.13. The van der Waals surface area contributed by atoms with Gasteiger partial charge in [0.15, 0.2) is 0 Å². The van der Waals surface area contributed by atoms with Crippen molar-refractivity contribution in [3.05, 3.63) is 36.2 Å². The highest BCUT2D eigenvalue weighted by molar-refractivity contribution is 6.39. The van der Waals surface area contributed by atoms with Crippen molar-refractivity contribution in [3.8, 4) is 0 Å². The number of carbonyl (C=O) groups is 2. The molecule has 0 unspecified atom stereocenters. The van der Waals surface area contributed by atoms with E-state index in [1.165, 1.54) is 0 Å². The lowest BCUT2D eigenvalue weighted by Gasteiger charge is -2.18. The number of nitrogens with one attached hydrogen (secondary N) is 2. The first-order valence-corrected chi connectivity index (χ1v) is 7.63. The standard InChI is InChI=1S/C16H16F3N3O2/c17-16(18,19)13-4-3-12(8-20-13)22-15(24)14(23)21-7-11-6-9-1-2-10(11)5-9/h1-4,8-11H,5-7H2,(H,21,23)(H,22,24)/t9-,10+,11-/m1/s1. The Balaban J connectivity index is 1.49. The molecule has 2 amide bonds. The van der Waals surface area contributed by atoms with Crippen molar-refractivity contribution in [2.45, 2.75) is 19.0 Å². The van der Waals surface area contributed by atoms with Gasteiger partial charge in [0.2, 0.25) is 0 Å². The Morgan fingerprint density at radius 2 is 1.96 bits per heavy atom. The molecule has 2 aliphatic rings. The van der Waals surface area contributed by atoms with Gasteiger partial charge in [-0.1, -0.05) is 12.2 Å². The minimum Gasteiger partial charge on any atom is -0.348 e. The van der Waals surface area contributed by atoms with Gasteiger partial charge in [-0.3, -0.25) is 9.59 Å². The molecule has 3 atom stereocenters. The van der Waals surface area contributed by atoms with Crippen molar-refractivity contribution in [1.82, 2.24) is 10.3 Å². The van der Waals surface area contributed by atoms with E-state index in [9.17, 15) is 22.8 Å². The fourth-order valence-corrected chi connectivity index (χ4v) is 3.26. The van der Waals surface area contributed by atoms with Crippen LogP contribution in [0.2, 0.25) is 0 Å². The average molecular weight is 339 g/mol. The highest BCUT2D eigenvalue weighted by Gasteiger charge is 2.36. The first-order chi connectivity index (χ1) is 11.3. The molecule has 2 bridgehead atoms. The Labute approximate surface area is 136 Å². The fourth-order valence-electron chi connectivity index (χ4n) is 3.26. The summed E-state index contributed by atoms with van der Waals surface area (Å²) in [5.41, 5.74) is -1.03. The summed E-state index contributed by atoms with van der Waals surface area (Å²) in [7, 11) is 0. The first kappa shape index (κ1) is 16.5. The van der Waals surface area contributed by atoms with Crippen LogP contribution in [0.1, 0.15) is 18.5 Å². The lowest BCUT2D eigenvalue weighted by molar-refractivity contribution is -0.141. The van der Waals surface area contributed by atoms with Crippen LogP contribution >= 0.6 is 0 Å². The molecule has 5 nitrogen and oxygen atoms in total. The zero-order valence-electron chi connectivity index (χ0n) is 12.6. The molecular weight excluding hydrogens is 323 g/mol. The number of halogens is 3. The van der Waals surface area contributed by atoms with E-state index in [4.69, 9.17) is 0 Å². The second kappa shape index (κ2) is 6.26. The van der Waals surface area contributed by atoms with E-state index in [0.29, 0.717) is 24.3 Å². The molecule has 1 fully saturated rings. The maximum Gasteiger partial charge on any atom is 0.433 e. The Hall–Kier alpha value is -2.38. The zero-order chi connectivity index (χ0) is 17.3. The SMILES string of the molecule is O=C(NC[C@H]1C[C@@H]2C=C[C@H]1C2)C(=O)Nc1ccc(C(F)(F)F)nc1. The van der Waals surface area contributed by atoms with Crippen molar-refractivity contribution in [2.75, 3.05) is 11.9 Å². The summed E-state index contributed by atoms with van der Waals surface area (Å²) in [6.45, 7) is 0.420. The molecule has 3 rings (SSSR count). The third-order valence-corrected chi connectivity index (χ3v) is 4.46. The van der Waals surface area contributed by atoms with Crippen molar-refractivity contribution in [3.63, 3.8) is 0 Å². The highest BCUT2D eigenvalue weighted by Crippen LogP contribution is 2.42. The van der Waals surface area contributed by atoms with E-state index < -0.39 is 23.7 Å². The summed E-state index contributed by atoms with van der Waals surface area (Å²) in [6, 6.07) is 1.80. The molecule has 128 valence electrons. The molecule has 0 spiro atoms. The van der Waals surface area contributed by atoms with Crippen LogP contribution in [0, 0.1) is 17.8 Å². The van der Waals surface area contributed by atoms with Gasteiger partial charge in [0, 0.05) is 6.54 Å². The van der Waals surface area contributed by atoms with Gasteiger partial charge < -0.3 is 10.6 Å². The van der Waals surface area contributed by atoms with Crippen molar-refractivity contribution in [1.29, 1.82) is 0 Å². The largest absolute Gasteiger partial charge is 0.433 e. The molecule has 1 aromatic heterocycles. The number of amides is 2. The number of rotatable bonds is 3. The van der Waals surface area contributed by atoms with Gasteiger partial charge in [0.25, 0.3) is 0 Å². The molecule has 2 aliphatic carbocycles. The molecule has 0 radical (unpaired) electrons. The van der Waals surface area contributed by atoms with E-state index in [-0.39, 0.29) is 5.69 Å². The number of hydrogen-bond donors (Lipinski definition) is 2. The minimum absolute atomic E-state index is 0.0333. The molecule has 1 heterocycles. The van der Waals surface area contributed by atoms with Gasteiger partial charge in [-0.05, 0) is 42.7 Å². The first-order valence-electron chi connectivity index (χ1n) is 7.63. The molecule has 24 heavy (non-hydrogen) atoms. The van der Waals surface area contributed by atoms with Crippen molar-refractivity contribution < 1.29 is 22.8 Å². The number of fused-ring (bicyclic) bond motifs is 2. The Kier molecular flexibility index (Phi) is 4.29. The number of nitrogens with zero attached hydrogens (tertiary/aromatic N) is 1. The number of hydrogen-bond acceptors (Lipinski definition) is 3. The zero-order valence-corrected chi connectivity index (χ0v) is 12.6. The number of carbonyl (C=O) groups excluding carboxylic acids is 2. The maximum atomic E-state index is 12.4. The Morgan fingerprint density at radius 3 is 2.50 bits per heavy atom. The van der Waals surface area contributed by atoms with Gasteiger partial charge in [-0.25, -0.2) is 4.98 Å². The summed E-state index contributed by atoms with van der Waals surface area (Å²) in [5, 5.41) is 4.81. The second-order valence-corrected chi connectivity index (χ2v) is 6.13. The third-order valence-electron chi connectivity index (χ3n) is 4.46. The van der Waals surface area contributed by atoms with E-state index in [2.05, 4.69) is 27.8 Å². The lowest BCUT2D eigenvalue weighted by Crippen LogP contribution is -2.38. The number of pyridine rings is 1. The van der Waals surface area contributed by atoms with Crippen LogP contribution in [0.25, 0.3) is 0 Å². The predicted molar refractivity (Wildman–Crippen MR) is 79.7 cm³/mol. The summed E-state index contributed by atoms with van der Waals surface area (Å²) < 4.78 is 37.2. The summed E-state index contributed by atoms with van der Waals surface area (Å²) >= 11 is 0. The normalized spacial score (nSPS) is 24.9. The molecule has 8 heteroatoms. The molecule has 0 saturated heterocycles. The van der Waals surface area contributed by atoms with Crippen LogP contribution in [0.5, 0.6) is 0 Å². The van der Waals surface area contributed by atoms with E-state index in [1.54, 1.807) is 0 Å². The van der Waals surface area contributed by atoms with E-state index in [1.807, 2.05) is 0 Å². The number of aromatic nitrogens is 1. The van der Waals surface area contributed by atoms with Crippen LogP contribution in [0.4, 0.5) is 18.9 Å². The van der Waals surface area contributed by atoms with Gasteiger partial charge in [-0.15, -0.1) is 0 Å². The van der Waals surface area contributed by atoms with E-state index in [0.717, 1.165) is 31.2 Å². The van der Waals surface area contributed by atoms with Crippen molar-refractivity contribution in [2.24, 2.45) is 17.8 Å². The molecule has 0 aliphatic heterocycles. The highest BCUT2D eigenvalue weighted by atomic mass is 19.4. The summed E-state index contributed by atoms with van der Waals surface area (Å²) in [4.78, 5) is 26.8. The van der Waals surface area contributed by atoms with Crippen LogP contribution in [-0.4, -0.2) is 23.3 Å². The Bertz CT molecular complexity index is 670. The van der Waals surface area contributed by atoms with Crippen LogP contribution in [0.15, 0.2) is 30.5 Å². The predicted octanol–water partition coefficient (Wildman–Crippen LogP) is 2.37. The fraction of sp³-hybridized carbons (Fsp3) is 0.438. The molecule has 2 N–H and O–H groups in total. The number of anilines is 1. The van der Waals surface area contributed by atoms with Gasteiger partial charge in [-0.2, -0.15) is 13.2 Å². The number of allylic oxidation sites excluding steroid dienone is 2. The van der Waals surface area contributed by atoms with Crippen LogP contribution in [-0.2, 0) is 15.8 Å². The quantitative estimate of drug-likeness (QED) is 0.656. The van der Waals surface area contributed by atoms with Gasteiger partial charge >= 0.3 is 18.0 Å². The third kappa shape index (κ3) is 3.58. The summed E-state index contributed by atoms with van der Waals surface area (Å²) in [6.07, 6.45) is 2.77. The maximum absolute atomic E-state index is 12.4. The Morgan fingerprint density at radius 1 is 1.17 bits per heavy atom. The number of alkyl halides is 3.